The fraction of sp³-hybridized carbons (Fsp3) is 0.278. The Kier molecular flexibility index (Phi) is 4.23. The van der Waals surface area contributed by atoms with Crippen molar-refractivity contribution in [2.75, 3.05) is 11.9 Å². The summed E-state index contributed by atoms with van der Waals surface area (Å²) in [7, 11) is 2.06. The molecular weight excluding hydrogens is 244 g/mol. The summed E-state index contributed by atoms with van der Waals surface area (Å²) in [6, 6.07) is 14.7. The largest absolute Gasteiger partial charge is 0.333 e. The Morgan fingerprint density at radius 3 is 2.30 bits per heavy atom. The maximum Gasteiger partial charge on any atom is 0.106 e. The lowest BCUT2D eigenvalue weighted by Gasteiger charge is -2.21. The fourth-order valence-electron chi connectivity index (χ4n) is 2.29. The first-order valence-corrected chi connectivity index (χ1v) is 6.91. The van der Waals surface area contributed by atoms with Crippen LogP contribution in [0, 0.1) is 20.8 Å². The number of aliphatic imine (C=N–C) groups is 1. The van der Waals surface area contributed by atoms with Crippen molar-refractivity contribution in [3.8, 4) is 0 Å². The van der Waals surface area contributed by atoms with Crippen LogP contribution in [0.5, 0.6) is 0 Å². The number of anilines is 1. The number of benzene rings is 2. The van der Waals surface area contributed by atoms with Gasteiger partial charge in [0, 0.05) is 12.7 Å². The van der Waals surface area contributed by atoms with Gasteiger partial charge in [-0.15, -0.1) is 0 Å². The lowest BCUT2D eigenvalue weighted by atomic mass is 10.1. The van der Waals surface area contributed by atoms with Crippen molar-refractivity contribution in [2.45, 2.75) is 27.7 Å². The van der Waals surface area contributed by atoms with Crippen molar-refractivity contribution in [1.29, 1.82) is 0 Å². The molecule has 0 radical (unpaired) electrons. The van der Waals surface area contributed by atoms with Gasteiger partial charge in [-0.2, -0.15) is 0 Å². The molecule has 0 aliphatic rings. The Morgan fingerprint density at radius 2 is 1.65 bits per heavy atom. The van der Waals surface area contributed by atoms with Crippen LogP contribution < -0.4 is 4.90 Å². The Balaban J connectivity index is 2.33. The minimum Gasteiger partial charge on any atom is -0.333 e. The maximum atomic E-state index is 4.74. The van der Waals surface area contributed by atoms with E-state index in [4.69, 9.17) is 4.99 Å². The van der Waals surface area contributed by atoms with Crippen LogP contribution in [-0.4, -0.2) is 12.9 Å². The minimum atomic E-state index is 0.992. The molecule has 0 saturated carbocycles. The summed E-state index contributed by atoms with van der Waals surface area (Å²) in [6.07, 6.45) is 0. The predicted octanol–water partition coefficient (Wildman–Crippen LogP) is 4.80. The van der Waals surface area contributed by atoms with Gasteiger partial charge in [-0.25, -0.2) is 4.99 Å². The number of para-hydroxylation sites is 1. The van der Waals surface area contributed by atoms with E-state index in [1.54, 1.807) is 0 Å². The van der Waals surface area contributed by atoms with E-state index < -0.39 is 0 Å². The van der Waals surface area contributed by atoms with Gasteiger partial charge in [0.05, 0.1) is 5.69 Å². The molecule has 0 amide bonds. The molecule has 0 aliphatic carbocycles. The Labute approximate surface area is 121 Å². The molecule has 2 aromatic rings. The molecule has 2 rings (SSSR count). The topological polar surface area (TPSA) is 15.6 Å². The van der Waals surface area contributed by atoms with Gasteiger partial charge < -0.3 is 4.90 Å². The highest BCUT2D eigenvalue weighted by molar-refractivity contribution is 5.97. The second-order valence-corrected chi connectivity index (χ2v) is 5.29. The van der Waals surface area contributed by atoms with Crippen molar-refractivity contribution < 1.29 is 0 Å². The summed E-state index contributed by atoms with van der Waals surface area (Å²) in [5, 5.41) is 0. The van der Waals surface area contributed by atoms with Crippen LogP contribution in [0.25, 0.3) is 0 Å². The van der Waals surface area contributed by atoms with Crippen molar-refractivity contribution in [3.63, 3.8) is 0 Å². The van der Waals surface area contributed by atoms with Gasteiger partial charge in [-0.1, -0.05) is 35.9 Å². The second kappa shape index (κ2) is 5.91. The minimum absolute atomic E-state index is 0.992. The molecule has 2 nitrogen and oxygen atoms in total. The average molecular weight is 266 g/mol. The van der Waals surface area contributed by atoms with E-state index in [0.29, 0.717) is 0 Å². The highest BCUT2D eigenvalue weighted by Crippen LogP contribution is 2.23. The van der Waals surface area contributed by atoms with E-state index >= 15 is 0 Å². The summed E-state index contributed by atoms with van der Waals surface area (Å²) in [5.41, 5.74) is 5.98. The predicted molar refractivity (Wildman–Crippen MR) is 88.3 cm³/mol. The van der Waals surface area contributed by atoms with Crippen molar-refractivity contribution in [2.24, 2.45) is 4.99 Å². The van der Waals surface area contributed by atoms with Gasteiger partial charge in [0.25, 0.3) is 0 Å². The van der Waals surface area contributed by atoms with Gasteiger partial charge in [-0.3, -0.25) is 0 Å². The maximum absolute atomic E-state index is 4.74. The molecule has 0 spiro atoms. The number of aryl methyl sites for hydroxylation is 3. The van der Waals surface area contributed by atoms with Gasteiger partial charge in [-0.05, 0) is 51.0 Å². The average Bonchev–Trinajstić information content (AvgIpc) is 2.40. The zero-order valence-electron chi connectivity index (χ0n) is 12.9. The molecular formula is C18H22N2. The van der Waals surface area contributed by atoms with Gasteiger partial charge >= 0.3 is 0 Å². The van der Waals surface area contributed by atoms with Crippen molar-refractivity contribution in [1.82, 2.24) is 0 Å². The number of hydrogen-bond donors (Lipinski definition) is 0. The fourth-order valence-corrected chi connectivity index (χ4v) is 2.29. The highest BCUT2D eigenvalue weighted by Gasteiger charge is 2.08. The first-order chi connectivity index (χ1) is 9.49. The molecule has 0 N–H and O–H groups in total. The third-order valence-electron chi connectivity index (χ3n) is 3.60. The molecule has 104 valence electrons. The normalized spacial score (nSPS) is 11.6. The SMILES string of the molecule is C/C(=N\c1ccccc1C)N(C)c1ccc(C)cc1C. The first kappa shape index (κ1) is 14.3. The molecule has 0 bridgehead atoms. The van der Waals surface area contributed by atoms with Crippen molar-refractivity contribution >= 4 is 17.2 Å². The number of rotatable bonds is 2. The Bertz CT molecular complexity index is 642. The summed E-state index contributed by atoms with van der Waals surface area (Å²) in [4.78, 5) is 6.88. The van der Waals surface area contributed by atoms with Crippen LogP contribution in [-0.2, 0) is 0 Å². The molecule has 0 aliphatic heterocycles. The lowest BCUT2D eigenvalue weighted by molar-refractivity contribution is 1.20. The van der Waals surface area contributed by atoms with E-state index in [1.807, 2.05) is 19.1 Å². The molecule has 2 aromatic carbocycles. The lowest BCUT2D eigenvalue weighted by Crippen LogP contribution is -2.24. The van der Waals surface area contributed by atoms with Crippen molar-refractivity contribution in [3.05, 3.63) is 59.2 Å². The van der Waals surface area contributed by atoms with E-state index in [-0.39, 0.29) is 0 Å². The monoisotopic (exact) mass is 266 g/mol. The van der Waals surface area contributed by atoms with Crippen LogP contribution in [0.3, 0.4) is 0 Å². The molecule has 0 atom stereocenters. The summed E-state index contributed by atoms with van der Waals surface area (Å²) < 4.78 is 0. The summed E-state index contributed by atoms with van der Waals surface area (Å²) in [6.45, 7) is 8.39. The van der Waals surface area contributed by atoms with Crippen LogP contribution in [0.15, 0.2) is 47.5 Å². The van der Waals surface area contributed by atoms with Crippen LogP contribution in [0.4, 0.5) is 11.4 Å². The van der Waals surface area contributed by atoms with Gasteiger partial charge in [0.2, 0.25) is 0 Å². The van der Waals surface area contributed by atoms with Gasteiger partial charge in [0.15, 0.2) is 0 Å². The number of hydrogen-bond acceptors (Lipinski definition) is 1. The Morgan fingerprint density at radius 1 is 0.950 bits per heavy atom. The molecule has 0 saturated heterocycles. The summed E-state index contributed by atoms with van der Waals surface area (Å²) in [5.74, 6) is 0.992. The molecule has 2 heteroatoms. The standard InChI is InChI=1S/C18H22N2/c1-13-10-11-18(15(3)12-13)20(5)16(4)19-17-9-7-6-8-14(17)2/h6-12H,1-5H3/b19-16+. The number of amidine groups is 1. The second-order valence-electron chi connectivity index (χ2n) is 5.29. The van der Waals surface area contributed by atoms with Crippen LogP contribution in [0.2, 0.25) is 0 Å². The molecule has 0 heterocycles. The molecule has 20 heavy (non-hydrogen) atoms. The molecule has 0 unspecified atom stereocenters. The first-order valence-electron chi connectivity index (χ1n) is 6.91. The third kappa shape index (κ3) is 3.08. The molecule has 0 fully saturated rings. The zero-order valence-corrected chi connectivity index (χ0v) is 12.9. The smallest absolute Gasteiger partial charge is 0.106 e. The van der Waals surface area contributed by atoms with E-state index in [1.165, 1.54) is 22.4 Å². The van der Waals surface area contributed by atoms with E-state index in [2.05, 4.69) is 63.1 Å². The Hall–Kier alpha value is -2.09. The van der Waals surface area contributed by atoms with E-state index in [0.717, 1.165) is 11.5 Å². The highest BCUT2D eigenvalue weighted by atomic mass is 15.2. The third-order valence-corrected chi connectivity index (χ3v) is 3.60. The van der Waals surface area contributed by atoms with Gasteiger partial charge in [0.1, 0.15) is 5.84 Å². The zero-order chi connectivity index (χ0) is 14.7. The van der Waals surface area contributed by atoms with E-state index in [9.17, 15) is 0 Å². The number of nitrogens with zero attached hydrogens (tertiary/aromatic N) is 2. The van der Waals surface area contributed by atoms with Crippen LogP contribution >= 0.6 is 0 Å². The molecule has 0 aromatic heterocycles. The summed E-state index contributed by atoms with van der Waals surface area (Å²) >= 11 is 0. The van der Waals surface area contributed by atoms with Crippen LogP contribution in [0.1, 0.15) is 23.6 Å². The quantitative estimate of drug-likeness (QED) is 0.563.